The fraction of sp³-hybridized carbons (Fsp3) is 0.227. The van der Waals surface area contributed by atoms with Gasteiger partial charge in [-0.05, 0) is 35.9 Å². The minimum absolute atomic E-state index is 0.118. The lowest BCUT2D eigenvalue weighted by Crippen LogP contribution is -2.24. The molecule has 8 nitrogen and oxygen atoms in total. The molecular formula is C22H23N3O5S. The van der Waals surface area contributed by atoms with E-state index in [0.717, 1.165) is 11.3 Å². The number of thiazole rings is 1. The number of benzene rings is 2. The third kappa shape index (κ3) is 5.95. The van der Waals surface area contributed by atoms with Gasteiger partial charge < -0.3 is 19.5 Å². The Hall–Kier alpha value is -3.59. The monoisotopic (exact) mass is 441 g/mol. The lowest BCUT2D eigenvalue weighted by atomic mass is 10.2. The number of methoxy groups -OCH3 is 3. The van der Waals surface area contributed by atoms with E-state index in [1.54, 1.807) is 30.7 Å². The standard InChI is InChI=1S/C22H23N3O5S/c1-28-17-6-4-5-14(9-17)12-23-20(26)11-16-13-31-22(24-16)25-21(27)15-7-8-18(29-2)19(10-15)30-3/h4-10,13H,11-12H2,1-3H3,(H,23,26)(H,24,25,27). The van der Waals surface area contributed by atoms with E-state index in [1.807, 2.05) is 24.3 Å². The van der Waals surface area contributed by atoms with Crippen molar-refractivity contribution in [1.82, 2.24) is 10.3 Å². The lowest BCUT2D eigenvalue weighted by Gasteiger charge is -2.09. The van der Waals surface area contributed by atoms with E-state index in [0.29, 0.717) is 34.4 Å². The highest BCUT2D eigenvalue weighted by molar-refractivity contribution is 7.14. The van der Waals surface area contributed by atoms with Crippen molar-refractivity contribution in [3.05, 3.63) is 64.7 Å². The summed E-state index contributed by atoms with van der Waals surface area (Å²) in [5, 5.41) is 7.75. The highest BCUT2D eigenvalue weighted by Gasteiger charge is 2.14. The second-order valence-corrected chi connectivity index (χ2v) is 7.33. The Labute approximate surface area is 184 Å². The summed E-state index contributed by atoms with van der Waals surface area (Å²) in [6.45, 7) is 0.392. The zero-order valence-corrected chi connectivity index (χ0v) is 18.2. The van der Waals surface area contributed by atoms with Crippen LogP contribution in [-0.2, 0) is 17.8 Å². The number of carbonyl (C=O) groups excluding carboxylic acids is 2. The molecule has 9 heteroatoms. The molecule has 0 radical (unpaired) electrons. The smallest absolute Gasteiger partial charge is 0.257 e. The molecule has 0 unspecified atom stereocenters. The summed E-state index contributed by atoms with van der Waals surface area (Å²) >= 11 is 1.26. The number of carbonyl (C=O) groups is 2. The first kappa shape index (κ1) is 22.1. The number of aromatic nitrogens is 1. The van der Waals surface area contributed by atoms with Crippen LogP contribution in [0.1, 0.15) is 21.6 Å². The quantitative estimate of drug-likeness (QED) is 0.529. The molecule has 1 aromatic heterocycles. The second-order valence-electron chi connectivity index (χ2n) is 6.47. The molecule has 0 bridgehead atoms. The van der Waals surface area contributed by atoms with Gasteiger partial charge in [0.15, 0.2) is 16.6 Å². The van der Waals surface area contributed by atoms with Crippen LogP contribution in [0.25, 0.3) is 0 Å². The summed E-state index contributed by atoms with van der Waals surface area (Å²) in [6, 6.07) is 12.4. The van der Waals surface area contributed by atoms with Gasteiger partial charge in [0.2, 0.25) is 5.91 Å². The highest BCUT2D eigenvalue weighted by atomic mass is 32.1. The first-order valence-corrected chi connectivity index (χ1v) is 10.3. The number of amides is 2. The largest absolute Gasteiger partial charge is 0.497 e. The van der Waals surface area contributed by atoms with Crippen LogP contribution in [0.2, 0.25) is 0 Å². The minimum Gasteiger partial charge on any atom is -0.497 e. The molecule has 3 aromatic rings. The second kappa shape index (κ2) is 10.4. The van der Waals surface area contributed by atoms with Crippen molar-refractivity contribution >= 4 is 28.3 Å². The maximum Gasteiger partial charge on any atom is 0.257 e. The molecule has 0 spiro atoms. The zero-order valence-electron chi connectivity index (χ0n) is 17.4. The van der Waals surface area contributed by atoms with Crippen molar-refractivity contribution in [1.29, 1.82) is 0 Å². The summed E-state index contributed by atoms with van der Waals surface area (Å²) in [6.07, 6.45) is 0.118. The molecular weight excluding hydrogens is 418 g/mol. The van der Waals surface area contributed by atoms with Gasteiger partial charge in [0.25, 0.3) is 5.91 Å². The summed E-state index contributed by atoms with van der Waals surface area (Å²) in [7, 11) is 4.63. The van der Waals surface area contributed by atoms with Crippen molar-refractivity contribution in [2.24, 2.45) is 0 Å². The van der Waals surface area contributed by atoms with E-state index in [-0.39, 0.29) is 18.2 Å². The van der Waals surface area contributed by atoms with Crippen LogP contribution in [0, 0.1) is 0 Å². The Kier molecular flexibility index (Phi) is 7.45. The molecule has 31 heavy (non-hydrogen) atoms. The molecule has 0 saturated heterocycles. The Balaban J connectivity index is 1.55. The van der Waals surface area contributed by atoms with E-state index in [1.165, 1.54) is 25.6 Å². The summed E-state index contributed by atoms with van der Waals surface area (Å²) in [4.78, 5) is 29.1. The van der Waals surface area contributed by atoms with Crippen molar-refractivity contribution in [3.8, 4) is 17.2 Å². The molecule has 1 heterocycles. The van der Waals surface area contributed by atoms with E-state index in [9.17, 15) is 9.59 Å². The Morgan fingerprint density at radius 1 is 1.00 bits per heavy atom. The number of ether oxygens (including phenoxy) is 3. The van der Waals surface area contributed by atoms with Crippen LogP contribution >= 0.6 is 11.3 Å². The van der Waals surface area contributed by atoms with Crippen LogP contribution in [0.15, 0.2) is 47.8 Å². The molecule has 2 aromatic carbocycles. The molecule has 0 aliphatic carbocycles. The van der Waals surface area contributed by atoms with Crippen LogP contribution in [0.4, 0.5) is 5.13 Å². The van der Waals surface area contributed by atoms with Gasteiger partial charge in [0.1, 0.15) is 5.75 Å². The predicted octanol–water partition coefficient (Wildman–Crippen LogP) is 3.28. The van der Waals surface area contributed by atoms with E-state index in [4.69, 9.17) is 14.2 Å². The highest BCUT2D eigenvalue weighted by Crippen LogP contribution is 2.28. The first-order chi connectivity index (χ1) is 15.0. The van der Waals surface area contributed by atoms with Crippen molar-refractivity contribution in [2.45, 2.75) is 13.0 Å². The van der Waals surface area contributed by atoms with Gasteiger partial charge in [-0.15, -0.1) is 11.3 Å². The molecule has 162 valence electrons. The zero-order chi connectivity index (χ0) is 22.2. The Morgan fingerprint density at radius 3 is 2.55 bits per heavy atom. The molecule has 2 N–H and O–H groups in total. The van der Waals surface area contributed by atoms with Crippen molar-refractivity contribution in [2.75, 3.05) is 26.6 Å². The average Bonchev–Trinajstić information content (AvgIpc) is 3.23. The third-order valence-corrected chi connectivity index (χ3v) is 5.19. The lowest BCUT2D eigenvalue weighted by molar-refractivity contribution is -0.120. The van der Waals surface area contributed by atoms with Gasteiger partial charge in [0.05, 0.1) is 33.4 Å². The van der Waals surface area contributed by atoms with Gasteiger partial charge in [-0.1, -0.05) is 12.1 Å². The normalized spacial score (nSPS) is 10.3. The molecule has 0 aliphatic rings. The average molecular weight is 442 g/mol. The molecule has 0 atom stereocenters. The molecule has 3 rings (SSSR count). The van der Waals surface area contributed by atoms with Crippen molar-refractivity contribution < 1.29 is 23.8 Å². The topological polar surface area (TPSA) is 98.8 Å². The number of hydrogen-bond donors (Lipinski definition) is 2. The maximum atomic E-state index is 12.5. The molecule has 0 fully saturated rings. The van der Waals surface area contributed by atoms with Gasteiger partial charge in [-0.25, -0.2) is 4.98 Å². The molecule has 2 amide bonds. The van der Waals surface area contributed by atoms with Gasteiger partial charge in [-0.3, -0.25) is 14.9 Å². The summed E-state index contributed by atoms with van der Waals surface area (Å²) in [5.41, 5.74) is 1.93. The fourth-order valence-electron chi connectivity index (χ4n) is 2.80. The third-order valence-electron chi connectivity index (χ3n) is 4.38. The predicted molar refractivity (Wildman–Crippen MR) is 118 cm³/mol. The number of nitrogens with zero attached hydrogens (tertiary/aromatic N) is 1. The fourth-order valence-corrected chi connectivity index (χ4v) is 3.51. The van der Waals surface area contributed by atoms with Gasteiger partial charge in [-0.2, -0.15) is 0 Å². The number of anilines is 1. The number of nitrogens with one attached hydrogen (secondary N) is 2. The summed E-state index contributed by atoms with van der Waals surface area (Å²) in [5.74, 6) is 1.24. The number of hydrogen-bond acceptors (Lipinski definition) is 7. The van der Waals surface area contributed by atoms with Gasteiger partial charge in [0, 0.05) is 17.5 Å². The van der Waals surface area contributed by atoms with E-state index >= 15 is 0 Å². The van der Waals surface area contributed by atoms with Crippen LogP contribution in [0.5, 0.6) is 17.2 Å². The van der Waals surface area contributed by atoms with Crippen molar-refractivity contribution in [3.63, 3.8) is 0 Å². The first-order valence-electron chi connectivity index (χ1n) is 9.39. The molecule has 0 aliphatic heterocycles. The van der Waals surface area contributed by atoms with E-state index < -0.39 is 0 Å². The maximum absolute atomic E-state index is 12.5. The Morgan fingerprint density at radius 2 is 1.81 bits per heavy atom. The Bertz CT molecular complexity index is 1070. The SMILES string of the molecule is COc1cccc(CNC(=O)Cc2csc(NC(=O)c3ccc(OC)c(OC)c3)n2)c1. The van der Waals surface area contributed by atoms with Gasteiger partial charge >= 0.3 is 0 Å². The number of rotatable bonds is 9. The van der Waals surface area contributed by atoms with Crippen LogP contribution in [0.3, 0.4) is 0 Å². The molecule has 0 saturated carbocycles. The summed E-state index contributed by atoms with van der Waals surface area (Å²) < 4.78 is 15.6. The van der Waals surface area contributed by atoms with E-state index in [2.05, 4.69) is 15.6 Å². The van der Waals surface area contributed by atoms with Crippen LogP contribution in [-0.4, -0.2) is 38.1 Å². The minimum atomic E-state index is -0.329. The van der Waals surface area contributed by atoms with Crippen LogP contribution < -0.4 is 24.8 Å².